The molecule has 136 valence electrons. The number of amides is 1. The molecular formula is C18H25N3O3S. The molecule has 1 aromatic rings. The molecule has 2 rings (SSSR count). The standard InChI is InChI=1S/C18H25N3O3S/c1-11(2)10-15(16(22)20-14-8-9-24-17(14)23)21-18(25)19-13-6-4-12(3)5-7-13/h4-7,11,14-15H,8-10H2,1-3H3,(H,20,22)(H2,19,21,25)/t14-,15-/m0/s1. The van der Waals surface area contributed by atoms with Gasteiger partial charge in [-0.15, -0.1) is 0 Å². The van der Waals surface area contributed by atoms with Gasteiger partial charge in [-0.2, -0.15) is 0 Å². The van der Waals surface area contributed by atoms with Gasteiger partial charge in [0.25, 0.3) is 0 Å². The third-order valence-corrected chi connectivity index (χ3v) is 4.11. The van der Waals surface area contributed by atoms with Crippen LogP contribution in [-0.2, 0) is 14.3 Å². The van der Waals surface area contributed by atoms with Crippen LogP contribution in [0.25, 0.3) is 0 Å². The number of anilines is 1. The van der Waals surface area contributed by atoms with Crippen LogP contribution in [0.3, 0.4) is 0 Å². The Morgan fingerprint density at radius 3 is 2.56 bits per heavy atom. The average molecular weight is 363 g/mol. The molecule has 6 nitrogen and oxygen atoms in total. The minimum absolute atomic E-state index is 0.245. The van der Waals surface area contributed by atoms with Crippen molar-refractivity contribution in [2.45, 2.75) is 45.7 Å². The highest BCUT2D eigenvalue weighted by Gasteiger charge is 2.31. The van der Waals surface area contributed by atoms with Crippen LogP contribution in [0.15, 0.2) is 24.3 Å². The van der Waals surface area contributed by atoms with Crippen molar-refractivity contribution in [3.8, 4) is 0 Å². The SMILES string of the molecule is Cc1ccc(NC(=S)N[C@@H](CC(C)C)C(=O)N[C@H]2CCOC2=O)cc1. The summed E-state index contributed by atoms with van der Waals surface area (Å²) < 4.78 is 4.88. The van der Waals surface area contributed by atoms with Crippen LogP contribution in [-0.4, -0.2) is 35.7 Å². The van der Waals surface area contributed by atoms with Gasteiger partial charge < -0.3 is 20.7 Å². The van der Waals surface area contributed by atoms with E-state index < -0.39 is 12.1 Å². The molecule has 25 heavy (non-hydrogen) atoms. The summed E-state index contributed by atoms with van der Waals surface area (Å²) in [7, 11) is 0. The zero-order valence-corrected chi connectivity index (χ0v) is 15.6. The molecule has 3 N–H and O–H groups in total. The first-order valence-corrected chi connectivity index (χ1v) is 8.87. The van der Waals surface area contributed by atoms with Gasteiger partial charge in [-0.05, 0) is 43.6 Å². The molecule has 1 fully saturated rings. The van der Waals surface area contributed by atoms with Crippen molar-refractivity contribution in [2.75, 3.05) is 11.9 Å². The summed E-state index contributed by atoms with van der Waals surface area (Å²) in [6.07, 6.45) is 1.11. The molecule has 1 saturated heterocycles. The first-order chi connectivity index (χ1) is 11.8. The van der Waals surface area contributed by atoms with Crippen LogP contribution >= 0.6 is 12.2 Å². The number of hydrogen-bond acceptors (Lipinski definition) is 4. The molecule has 1 aliphatic rings. The molecule has 1 heterocycles. The van der Waals surface area contributed by atoms with Crippen LogP contribution in [0, 0.1) is 12.8 Å². The van der Waals surface area contributed by atoms with Gasteiger partial charge in [-0.1, -0.05) is 31.5 Å². The lowest BCUT2D eigenvalue weighted by molar-refractivity contribution is -0.141. The third kappa shape index (κ3) is 6.01. The summed E-state index contributed by atoms with van der Waals surface area (Å²) in [4.78, 5) is 24.1. The second kappa shape index (κ2) is 8.80. The number of ether oxygens (including phenoxy) is 1. The maximum atomic E-state index is 12.5. The van der Waals surface area contributed by atoms with Crippen LogP contribution in [0.1, 0.15) is 32.3 Å². The van der Waals surface area contributed by atoms with Crippen LogP contribution in [0.2, 0.25) is 0 Å². The topological polar surface area (TPSA) is 79.5 Å². The van der Waals surface area contributed by atoms with Gasteiger partial charge in [0.1, 0.15) is 12.1 Å². The molecule has 0 unspecified atom stereocenters. The van der Waals surface area contributed by atoms with Crippen LogP contribution in [0.4, 0.5) is 5.69 Å². The minimum Gasteiger partial charge on any atom is -0.464 e. The molecule has 1 aromatic carbocycles. The van der Waals surface area contributed by atoms with E-state index in [1.54, 1.807) is 0 Å². The zero-order chi connectivity index (χ0) is 18.4. The smallest absolute Gasteiger partial charge is 0.328 e. The highest BCUT2D eigenvalue weighted by atomic mass is 32.1. The monoisotopic (exact) mass is 363 g/mol. The second-order valence-corrected chi connectivity index (χ2v) is 7.07. The molecule has 0 aromatic heterocycles. The highest BCUT2D eigenvalue weighted by Crippen LogP contribution is 2.11. The molecule has 1 amide bonds. The van der Waals surface area contributed by atoms with E-state index in [0.717, 1.165) is 11.3 Å². The quantitative estimate of drug-likeness (QED) is 0.531. The van der Waals surface area contributed by atoms with E-state index in [1.165, 1.54) is 0 Å². The predicted molar refractivity (Wildman–Crippen MR) is 101 cm³/mol. The summed E-state index contributed by atoms with van der Waals surface area (Å²) in [5.41, 5.74) is 2.01. The van der Waals surface area contributed by atoms with Gasteiger partial charge in [0, 0.05) is 12.1 Å². The lowest BCUT2D eigenvalue weighted by Gasteiger charge is -2.23. The van der Waals surface area contributed by atoms with Gasteiger partial charge in [0.15, 0.2) is 5.11 Å². The molecule has 0 saturated carbocycles. The maximum absolute atomic E-state index is 12.5. The Morgan fingerprint density at radius 1 is 1.32 bits per heavy atom. The number of thiocarbonyl (C=S) groups is 1. The van der Waals surface area contributed by atoms with Crippen molar-refractivity contribution in [3.05, 3.63) is 29.8 Å². The van der Waals surface area contributed by atoms with Gasteiger partial charge in [0.05, 0.1) is 6.61 Å². The molecule has 1 aliphatic heterocycles. The summed E-state index contributed by atoms with van der Waals surface area (Å²) in [6.45, 7) is 6.42. The Balaban J connectivity index is 1.95. The maximum Gasteiger partial charge on any atom is 0.328 e. The Bertz CT molecular complexity index is 631. The van der Waals surface area contributed by atoms with Crippen molar-refractivity contribution >= 4 is 34.9 Å². The number of carbonyl (C=O) groups is 2. The van der Waals surface area contributed by atoms with E-state index in [4.69, 9.17) is 17.0 Å². The van der Waals surface area contributed by atoms with Crippen molar-refractivity contribution in [3.63, 3.8) is 0 Å². The summed E-state index contributed by atoms with van der Waals surface area (Å²) in [5.74, 6) is -0.330. The fourth-order valence-corrected chi connectivity index (χ4v) is 2.82. The molecule has 0 bridgehead atoms. The van der Waals surface area contributed by atoms with Crippen molar-refractivity contribution in [1.29, 1.82) is 0 Å². The van der Waals surface area contributed by atoms with Crippen LogP contribution in [0.5, 0.6) is 0 Å². The number of rotatable bonds is 6. The fourth-order valence-electron chi connectivity index (χ4n) is 2.56. The largest absolute Gasteiger partial charge is 0.464 e. The van der Waals surface area contributed by atoms with Crippen molar-refractivity contribution in [1.82, 2.24) is 10.6 Å². The van der Waals surface area contributed by atoms with Crippen LogP contribution < -0.4 is 16.0 Å². The molecule has 2 atom stereocenters. The van der Waals surface area contributed by atoms with Gasteiger partial charge in [0.2, 0.25) is 5.91 Å². The van der Waals surface area contributed by atoms with E-state index in [1.807, 2.05) is 45.0 Å². The summed E-state index contributed by atoms with van der Waals surface area (Å²) >= 11 is 5.33. The normalized spacial score (nSPS) is 17.8. The first-order valence-electron chi connectivity index (χ1n) is 8.46. The second-order valence-electron chi connectivity index (χ2n) is 6.66. The predicted octanol–water partition coefficient (Wildman–Crippen LogP) is 2.13. The number of aryl methyl sites for hydroxylation is 1. The Hall–Kier alpha value is -2.15. The zero-order valence-electron chi connectivity index (χ0n) is 14.8. The number of cyclic esters (lactones) is 1. The highest BCUT2D eigenvalue weighted by molar-refractivity contribution is 7.80. The molecule has 0 aliphatic carbocycles. The van der Waals surface area contributed by atoms with Gasteiger partial charge in [-0.3, -0.25) is 4.79 Å². The average Bonchev–Trinajstić information content (AvgIpc) is 2.93. The molecule has 0 spiro atoms. The fraction of sp³-hybridized carbons (Fsp3) is 0.500. The van der Waals surface area contributed by atoms with E-state index >= 15 is 0 Å². The number of benzene rings is 1. The Morgan fingerprint density at radius 2 is 2.00 bits per heavy atom. The number of esters is 1. The van der Waals surface area contributed by atoms with E-state index in [0.29, 0.717) is 30.5 Å². The first kappa shape index (κ1) is 19.2. The third-order valence-electron chi connectivity index (χ3n) is 3.89. The van der Waals surface area contributed by atoms with E-state index in [2.05, 4.69) is 16.0 Å². The van der Waals surface area contributed by atoms with Crippen molar-refractivity contribution < 1.29 is 14.3 Å². The summed E-state index contributed by atoms with van der Waals surface area (Å²) in [5, 5.41) is 9.26. The van der Waals surface area contributed by atoms with Gasteiger partial charge in [-0.25, -0.2) is 4.79 Å². The summed E-state index contributed by atoms with van der Waals surface area (Å²) in [6, 6.07) is 6.73. The van der Waals surface area contributed by atoms with Gasteiger partial charge >= 0.3 is 5.97 Å². The molecular weight excluding hydrogens is 338 g/mol. The molecule has 7 heteroatoms. The Labute approximate surface area is 153 Å². The Kier molecular flexibility index (Phi) is 6.75. The minimum atomic E-state index is -0.567. The van der Waals surface area contributed by atoms with Crippen molar-refractivity contribution in [2.24, 2.45) is 5.92 Å². The lowest BCUT2D eigenvalue weighted by Crippen LogP contribution is -2.52. The molecule has 0 radical (unpaired) electrons. The van der Waals surface area contributed by atoms with E-state index in [-0.39, 0.29) is 11.9 Å². The van der Waals surface area contributed by atoms with E-state index in [9.17, 15) is 9.59 Å². The lowest BCUT2D eigenvalue weighted by atomic mass is 10.0. The number of carbonyl (C=O) groups excluding carboxylic acids is 2. The number of hydrogen-bond donors (Lipinski definition) is 3. The number of nitrogens with one attached hydrogen (secondary N) is 3.